The molecule has 0 saturated heterocycles. The SMILES string of the molecule is CC(C)c1cc(CN)cc(C(C)C)n1. The average molecular weight is 192 g/mol. The summed E-state index contributed by atoms with van der Waals surface area (Å²) in [5.74, 6) is 0.943. The molecule has 0 aliphatic carbocycles. The molecular formula is C12H20N2. The van der Waals surface area contributed by atoms with Crippen molar-refractivity contribution in [3.05, 3.63) is 29.1 Å². The van der Waals surface area contributed by atoms with Crippen LogP contribution < -0.4 is 5.73 Å². The van der Waals surface area contributed by atoms with E-state index in [1.165, 1.54) is 5.56 Å². The van der Waals surface area contributed by atoms with E-state index < -0.39 is 0 Å². The normalized spacial score (nSPS) is 11.4. The molecule has 2 heteroatoms. The van der Waals surface area contributed by atoms with E-state index in [0.717, 1.165) is 11.4 Å². The zero-order valence-corrected chi connectivity index (χ0v) is 9.54. The first-order valence-electron chi connectivity index (χ1n) is 5.25. The van der Waals surface area contributed by atoms with Crippen molar-refractivity contribution in [2.75, 3.05) is 0 Å². The highest BCUT2D eigenvalue weighted by molar-refractivity contribution is 5.24. The molecule has 0 amide bonds. The molecular weight excluding hydrogens is 172 g/mol. The Morgan fingerprint density at radius 2 is 1.50 bits per heavy atom. The quantitative estimate of drug-likeness (QED) is 0.799. The molecule has 2 nitrogen and oxygen atoms in total. The first-order chi connectivity index (χ1) is 6.54. The summed E-state index contributed by atoms with van der Waals surface area (Å²) in [7, 11) is 0. The zero-order chi connectivity index (χ0) is 10.7. The molecule has 0 spiro atoms. The molecule has 0 aliphatic heterocycles. The molecule has 0 aliphatic rings. The molecule has 0 atom stereocenters. The maximum atomic E-state index is 5.66. The predicted molar refractivity (Wildman–Crippen MR) is 60.3 cm³/mol. The minimum absolute atomic E-state index is 0.471. The number of pyridine rings is 1. The summed E-state index contributed by atoms with van der Waals surface area (Å²) in [5, 5.41) is 0. The van der Waals surface area contributed by atoms with E-state index >= 15 is 0 Å². The van der Waals surface area contributed by atoms with Crippen LogP contribution in [0.5, 0.6) is 0 Å². The molecule has 0 fully saturated rings. The van der Waals surface area contributed by atoms with E-state index in [4.69, 9.17) is 5.73 Å². The van der Waals surface area contributed by atoms with Gasteiger partial charge in [-0.25, -0.2) is 0 Å². The van der Waals surface area contributed by atoms with E-state index in [2.05, 4.69) is 44.8 Å². The van der Waals surface area contributed by atoms with Gasteiger partial charge in [-0.3, -0.25) is 4.98 Å². The van der Waals surface area contributed by atoms with Gasteiger partial charge in [-0.2, -0.15) is 0 Å². The van der Waals surface area contributed by atoms with Crippen LogP contribution in [0.2, 0.25) is 0 Å². The molecule has 78 valence electrons. The molecule has 1 aromatic rings. The second kappa shape index (κ2) is 4.56. The molecule has 1 aromatic heterocycles. The van der Waals surface area contributed by atoms with Gasteiger partial charge in [0.15, 0.2) is 0 Å². The fourth-order valence-corrected chi connectivity index (χ4v) is 1.34. The van der Waals surface area contributed by atoms with Crippen LogP contribution in [0.1, 0.15) is 56.5 Å². The van der Waals surface area contributed by atoms with Crippen LogP contribution in [-0.4, -0.2) is 4.98 Å². The molecule has 0 bridgehead atoms. The van der Waals surface area contributed by atoms with Gasteiger partial charge in [-0.1, -0.05) is 27.7 Å². The summed E-state index contributed by atoms with van der Waals surface area (Å²) in [5.41, 5.74) is 9.15. The van der Waals surface area contributed by atoms with E-state index in [-0.39, 0.29) is 0 Å². The lowest BCUT2D eigenvalue weighted by molar-refractivity contribution is 0.758. The van der Waals surface area contributed by atoms with Gasteiger partial charge >= 0.3 is 0 Å². The fourth-order valence-electron chi connectivity index (χ4n) is 1.34. The third-order valence-electron chi connectivity index (χ3n) is 2.34. The lowest BCUT2D eigenvalue weighted by Crippen LogP contribution is -2.04. The molecule has 0 radical (unpaired) electrons. The van der Waals surface area contributed by atoms with Gasteiger partial charge in [0.25, 0.3) is 0 Å². The van der Waals surface area contributed by atoms with Gasteiger partial charge in [-0.15, -0.1) is 0 Å². The summed E-state index contributed by atoms with van der Waals surface area (Å²) in [6, 6.07) is 4.22. The van der Waals surface area contributed by atoms with Crippen molar-refractivity contribution in [1.29, 1.82) is 0 Å². The smallest absolute Gasteiger partial charge is 0.0435 e. The molecule has 2 N–H and O–H groups in total. The second-order valence-corrected chi connectivity index (χ2v) is 4.34. The maximum Gasteiger partial charge on any atom is 0.0435 e. The minimum Gasteiger partial charge on any atom is -0.326 e. The monoisotopic (exact) mass is 192 g/mol. The van der Waals surface area contributed by atoms with Crippen LogP contribution in [-0.2, 0) is 6.54 Å². The summed E-state index contributed by atoms with van der Waals surface area (Å²) in [4.78, 5) is 4.62. The van der Waals surface area contributed by atoms with E-state index in [1.807, 2.05) is 0 Å². The Balaban J connectivity index is 3.13. The molecule has 1 heterocycles. The van der Waals surface area contributed by atoms with Crippen LogP contribution in [0.4, 0.5) is 0 Å². The fraction of sp³-hybridized carbons (Fsp3) is 0.583. The minimum atomic E-state index is 0.471. The molecule has 1 rings (SSSR count). The van der Waals surface area contributed by atoms with Crippen LogP contribution >= 0.6 is 0 Å². The average Bonchev–Trinajstić information content (AvgIpc) is 2.16. The third-order valence-corrected chi connectivity index (χ3v) is 2.34. The van der Waals surface area contributed by atoms with Crippen LogP contribution in [0, 0.1) is 0 Å². The van der Waals surface area contributed by atoms with Crippen LogP contribution in [0.3, 0.4) is 0 Å². The topological polar surface area (TPSA) is 38.9 Å². The summed E-state index contributed by atoms with van der Waals surface area (Å²) >= 11 is 0. The number of aromatic nitrogens is 1. The van der Waals surface area contributed by atoms with Crippen molar-refractivity contribution in [2.45, 2.75) is 46.1 Å². The van der Waals surface area contributed by atoms with Crippen molar-refractivity contribution in [3.8, 4) is 0 Å². The third kappa shape index (κ3) is 2.55. The lowest BCUT2D eigenvalue weighted by atomic mass is 10.0. The summed E-state index contributed by atoms with van der Waals surface area (Å²) in [6.07, 6.45) is 0. The van der Waals surface area contributed by atoms with Crippen LogP contribution in [0.25, 0.3) is 0 Å². The number of hydrogen-bond donors (Lipinski definition) is 1. The Morgan fingerprint density at radius 1 is 1.07 bits per heavy atom. The maximum absolute atomic E-state index is 5.66. The van der Waals surface area contributed by atoms with Crippen molar-refractivity contribution < 1.29 is 0 Å². The highest BCUT2D eigenvalue weighted by Crippen LogP contribution is 2.19. The number of nitrogens with zero attached hydrogens (tertiary/aromatic N) is 1. The first-order valence-corrected chi connectivity index (χ1v) is 5.25. The van der Waals surface area contributed by atoms with E-state index in [1.54, 1.807) is 0 Å². The largest absolute Gasteiger partial charge is 0.326 e. The van der Waals surface area contributed by atoms with Crippen molar-refractivity contribution >= 4 is 0 Å². The van der Waals surface area contributed by atoms with Gasteiger partial charge in [0.05, 0.1) is 0 Å². The lowest BCUT2D eigenvalue weighted by Gasteiger charge is -2.12. The second-order valence-electron chi connectivity index (χ2n) is 4.34. The standard InChI is InChI=1S/C12H20N2/c1-8(2)11-5-10(7-13)6-12(14-11)9(3)4/h5-6,8-9H,7,13H2,1-4H3. The Kier molecular flexibility index (Phi) is 3.64. The van der Waals surface area contributed by atoms with E-state index in [0.29, 0.717) is 18.4 Å². The van der Waals surface area contributed by atoms with Crippen molar-refractivity contribution in [1.82, 2.24) is 4.98 Å². The predicted octanol–water partition coefficient (Wildman–Crippen LogP) is 2.79. The van der Waals surface area contributed by atoms with Crippen molar-refractivity contribution in [2.24, 2.45) is 5.73 Å². The number of hydrogen-bond acceptors (Lipinski definition) is 2. The van der Waals surface area contributed by atoms with Gasteiger partial charge in [0, 0.05) is 17.9 Å². The Hall–Kier alpha value is -0.890. The van der Waals surface area contributed by atoms with Crippen LogP contribution in [0.15, 0.2) is 12.1 Å². The van der Waals surface area contributed by atoms with E-state index in [9.17, 15) is 0 Å². The highest BCUT2D eigenvalue weighted by atomic mass is 14.7. The number of nitrogens with two attached hydrogens (primary N) is 1. The molecule has 14 heavy (non-hydrogen) atoms. The molecule has 0 unspecified atom stereocenters. The van der Waals surface area contributed by atoms with Gasteiger partial charge in [0.1, 0.15) is 0 Å². The molecule has 0 aromatic carbocycles. The summed E-state index contributed by atoms with van der Waals surface area (Å²) in [6.45, 7) is 9.24. The van der Waals surface area contributed by atoms with Gasteiger partial charge in [-0.05, 0) is 29.5 Å². The molecule has 0 saturated carbocycles. The Morgan fingerprint density at radius 3 is 1.79 bits per heavy atom. The number of rotatable bonds is 3. The Bertz CT molecular complexity index is 277. The van der Waals surface area contributed by atoms with Crippen molar-refractivity contribution in [3.63, 3.8) is 0 Å². The first kappa shape index (κ1) is 11.2. The van der Waals surface area contributed by atoms with Gasteiger partial charge in [0.2, 0.25) is 0 Å². The Labute approximate surface area is 86.5 Å². The summed E-state index contributed by atoms with van der Waals surface area (Å²) < 4.78 is 0. The van der Waals surface area contributed by atoms with Gasteiger partial charge < -0.3 is 5.73 Å². The zero-order valence-electron chi connectivity index (χ0n) is 9.54. The highest BCUT2D eigenvalue weighted by Gasteiger charge is 2.07.